The lowest BCUT2D eigenvalue weighted by Crippen LogP contribution is -2.44. The van der Waals surface area contributed by atoms with Crippen LogP contribution >= 0.6 is 0 Å². The zero-order valence-electron chi connectivity index (χ0n) is 10.6. The summed E-state index contributed by atoms with van der Waals surface area (Å²) in [6.07, 6.45) is 0. The third-order valence-electron chi connectivity index (χ3n) is 2.63. The van der Waals surface area contributed by atoms with Crippen LogP contribution in [0.1, 0.15) is 20.8 Å². The number of rotatable bonds is 7. The molecule has 0 rings (SSSR count). The van der Waals surface area contributed by atoms with E-state index in [1.807, 2.05) is 0 Å². The van der Waals surface area contributed by atoms with Gasteiger partial charge in [-0.2, -0.15) is 0 Å². The first-order chi connectivity index (χ1) is 7.93. The van der Waals surface area contributed by atoms with Gasteiger partial charge in [0.15, 0.2) is 0 Å². The van der Waals surface area contributed by atoms with Crippen molar-refractivity contribution in [2.45, 2.75) is 20.8 Å². The molecule has 0 aliphatic carbocycles. The molecule has 0 radical (unpaired) electrons. The van der Waals surface area contributed by atoms with E-state index in [1.165, 1.54) is 4.90 Å². The van der Waals surface area contributed by atoms with Gasteiger partial charge in [-0.05, 0) is 12.8 Å². The highest BCUT2D eigenvalue weighted by molar-refractivity contribution is 5.76. The molecule has 0 bridgehead atoms. The van der Waals surface area contributed by atoms with Crippen molar-refractivity contribution in [1.82, 2.24) is 10.2 Å². The van der Waals surface area contributed by atoms with E-state index in [9.17, 15) is 9.59 Å². The van der Waals surface area contributed by atoms with E-state index in [-0.39, 0.29) is 31.6 Å². The Morgan fingerprint density at radius 3 is 2.29 bits per heavy atom. The lowest BCUT2D eigenvalue weighted by molar-refractivity contribution is -0.142. The van der Waals surface area contributed by atoms with E-state index in [1.54, 1.807) is 20.8 Å². The summed E-state index contributed by atoms with van der Waals surface area (Å²) in [6, 6.07) is -0.339. The van der Waals surface area contributed by atoms with Crippen LogP contribution in [0.3, 0.4) is 0 Å². The largest absolute Gasteiger partial charge is 0.481 e. The highest BCUT2D eigenvalue weighted by Gasteiger charge is 2.22. The van der Waals surface area contributed by atoms with Gasteiger partial charge >= 0.3 is 12.0 Å². The van der Waals surface area contributed by atoms with Gasteiger partial charge in [0.1, 0.15) is 0 Å². The number of likely N-dealkylation sites (N-methyl/N-ethyl adjacent to an activating group) is 1. The summed E-state index contributed by atoms with van der Waals surface area (Å²) < 4.78 is 0. The number of aliphatic hydroxyl groups is 1. The molecule has 0 saturated heterocycles. The number of hydrogen-bond donors (Lipinski definition) is 3. The summed E-state index contributed by atoms with van der Waals surface area (Å²) in [5.41, 5.74) is 0. The molecular formula is C11H22N2O4. The molecule has 6 nitrogen and oxygen atoms in total. The third-order valence-corrected chi connectivity index (χ3v) is 2.63. The minimum absolute atomic E-state index is 0.0410. The zero-order chi connectivity index (χ0) is 13.4. The molecule has 0 aromatic heterocycles. The normalized spacial score (nSPS) is 12.3. The highest BCUT2D eigenvalue weighted by atomic mass is 16.4. The molecule has 0 aliphatic heterocycles. The van der Waals surface area contributed by atoms with Gasteiger partial charge in [-0.15, -0.1) is 0 Å². The Balaban J connectivity index is 4.24. The van der Waals surface area contributed by atoms with Crippen LogP contribution in [0.2, 0.25) is 0 Å². The van der Waals surface area contributed by atoms with E-state index in [0.717, 1.165) is 0 Å². The van der Waals surface area contributed by atoms with Crippen molar-refractivity contribution >= 4 is 12.0 Å². The number of hydrogen-bond acceptors (Lipinski definition) is 3. The number of carbonyl (C=O) groups is 2. The Kier molecular flexibility index (Phi) is 7.29. The monoisotopic (exact) mass is 246 g/mol. The Labute approximate surface area is 102 Å². The average molecular weight is 246 g/mol. The van der Waals surface area contributed by atoms with Crippen LogP contribution in [0.4, 0.5) is 4.79 Å². The fourth-order valence-electron chi connectivity index (χ4n) is 1.44. The summed E-state index contributed by atoms with van der Waals surface area (Å²) in [5.74, 6) is -1.54. The van der Waals surface area contributed by atoms with Crippen molar-refractivity contribution in [3.63, 3.8) is 0 Å². The molecule has 0 aromatic rings. The first-order valence-electron chi connectivity index (χ1n) is 5.80. The number of carboxylic acid groups (broad SMARTS) is 1. The van der Waals surface area contributed by atoms with E-state index in [0.29, 0.717) is 6.54 Å². The lowest BCUT2D eigenvalue weighted by atomic mass is 9.96. The van der Waals surface area contributed by atoms with Crippen LogP contribution in [0.15, 0.2) is 0 Å². The number of aliphatic hydroxyl groups excluding tert-OH is 1. The molecule has 0 spiro atoms. The molecule has 1 unspecified atom stereocenters. The smallest absolute Gasteiger partial charge is 0.317 e. The van der Waals surface area contributed by atoms with Gasteiger partial charge < -0.3 is 20.4 Å². The summed E-state index contributed by atoms with van der Waals surface area (Å²) in [6.45, 7) is 6.13. The Hall–Kier alpha value is -1.30. The first kappa shape index (κ1) is 15.7. The summed E-state index contributed by atoms with van der Waals surface area (Å²) >= 11 is 0. The average Bonchev–Trinajstić information content (AvgIpc) is 2.24. The maximum atomic E-state index is 11.6. The van der Waals surface area contributed by atoms with E-state index < -0.39 is 11.9 Å². The quantitative estimate of drug-likeness (QED) is 0.605. The SMILES string of the molecule is CCN(CCO)C(=O)NCC(C(=O)O)C(C)C. The third kappa shape index (κ3) is 5.53. The van der Waals surface area contributed by atoms with Gasteiger partial charge in [0.25, 0.3) is 0 Å². The minimum Gasteiger partial charge on any atom is -0.481 e. The van der Waals surface area contributed by atoms with Crippen molar-refractivity contribution in [2.75, 3.05) is 26.2 Å². The molecule has 0 aromatic carbocycles. The first-order valence-corrected chi connectivity index (χ1v) is 5.80. The molecule has 0 saturated carbocycles. The van der Waals surface area contributed by atoms with Crippen LogP contribution in [0.25, 0.3) is 0 Å². The Morgan fingerprint density at radius 1 is 1.35 bits per heavy atom. The molecule has 6 heteroatoms. The maximum Gasteiger partial charge on any atom is 0.317 e. The van der Waals surface area contributed by atoms with Gasteiger partial charge in [0, 0.05) is 19.6 Å². The molecule has 3 N–H and O–H groups in total. The van der Waals surface area contributed by atoms with Crippen molar-refractivity contribution in [3.8, 4) is 0 Å². The van der Waals surface area contributed by atoms with E-state index in [2.05, 4.69) is 5.32 Å². The number of amides is 2. The number of nitrogens with zero attached hydrogens (tertiary/aromatic N) is 1. The van der Waals surface area contributed by atoms with Crippen molar-refractivity contribution in [2.24, 2.45) is 11.8 Å². The second-order valence-electron chi connectivity index (χ2n) is 4.18. The van der Waals surface area contributed by atoms with E-state index in [4.69, 9.17) is 10.2 Å². The predicted octanol–water partition coefficient (Wildman–Crippen LogP) is 0.367. The number of carboxylic acids is 1. The second kappa shape index (κ2) is 7.89. The van der Waals surface area contributed by atoms with Crippen molar-refractivity contribution in [3.05, 3.63) is 0 Å². The van der Waals surface area contributed by atoms with Gasteiger partial charge in [-0.25, -0.2) is 4.79 Å². The highest BCUT2D eigenvalue weighted by Crippen LogP contribution is 2.09. The standard InChI is InChI=1S/C11H22N2O4/c1-4-13(5-6-14)11(17)12-7-9(8(2)3)10(15)16/h8-9,14H,4-7H2,1-3H3,(H,12,17)(H,15,16). The van der Waals surface area contributed by atoms with E-state index >= 15 is 0 Å². The van der Waals surface area contributed by atoms with Gasteiger partial charge in [0.2, 0.25) is 0 Å². The predicted molar refractivity (Wildman–Crippen MR) is 63.7 cm³/mol. The molecular weight excluding hydrogens is 224 g/mol. The fourth-order valence-corrected chi connectivity index (χ4v) is 1.44. The summed E-state index contributed by atoms with van der Waals surface area (Å²) in [4.78, 5) is 24.0. The second-order valence-corrected chi connectivity index (χ2v) is 4.18. The number of nitrogens with one attached hydrogen (secondary N) is 1. The number of carbonyl (C=O) groups excluding carboxylic acids is 1. The topological polar surface area (TPSA) is 89.9 Å². The van der Waals surface area contributed by atoms with Crippen molar-refractivity contribution in [1.29, 1.82) is 0 Å². The van der Waals surface area contributed by atoms with Gasteiger partial charge in [-0.3, -0.25) is 4.79 Å². The molecule has 0 fully saturated rings. The summed E-state index contributed by atoms with van der Waals surface area (Å²) in [7, 11) is 0. The van der Waals surface area contributed by atoms with Crippen LogP contribution in [0, 0.1) is 11.8 Å². The number of aliphatic carboxylic acids is 1. The van der Waals surface area contributed by atoms with Crippen LogP contribution < -0.4 is 5.32 Å². The van der Waals surface area contributed by atoms with Gasteiger partial charge in [-0.1, -0.05) is 13.8 Å². The number of urea groups is 1. The van der Waals surface area contributed by atoms with Crippen LogP contribution in [-0.2, 0) is 4.79 Å². The van der Waals surface area contributed by atoms with Crippen molar-refractivity contribution < 1.29 is 19.8 Å². The molecule has 2 amide bonds. The van der Waals surface area contributed by atoms with Crippen LogP contribution in [-0.4, -0.2) is 53.4 Å². The van der Waals surface area contributed by atoms with Crippen LogP contribution in [0.5, 0.6) is 0 Å². The minimum atomic E-state index is -0.912. The Bertz CT molecular complexity index is 256. The molecule has 0 aliphatic rings. The molecule has 1 atom stereocenters. The van der Waals surface area contributed by atoms with Gasteiger partial charge in [0.05, 0.1) is 12.5 Å². The molecule has 100 valence electrons. The fraction of sp³-hybridized carbons (Fsp3) is 0.818. The lowest BCUT2D eigenvalue weighted by Gasteiger charge is -2.22. The molecule has 17 heavy (non-hydrogen) atoms. The molecule has 0 heterocycles. The Morgan fingerprint density at radius 2 is 1.94 bits per heavy atom. The summed E-state index contributed by atoms with van der Waals surface area (Å²) in [5, 5.41) is 20.3. The zero-order valence-corrected chi connectivity index (χ0v) is 10.6. The maximum absolute atomic E-state index is 11.6.